The van der Waals surface area contributed by atoms with Crippen LogP contribution in [0.2, 0.25) is 5.15 Å². The number of rotatable bonds is 6. The van der Waals surface area contributed by atoms with Gasteiger partial charge in [0.25, 0.3) is 0 Å². The third kappa shape index (κ3) is 3.36. The number of fused-ring (bicyclic) bond motifs is 1. The maximum absolute atomic E-state index is 5.89. The first kappa shape index (κ1) is 13.5. The maximum atomic E-state index is 5.89. The molecule has 3 aromatic heterocycles. The van der Waals surface area contributed by atoms with Gasteiger partial charge < -0.3 is 5.32 Å². The number of thiophene rings is 1. The maximum Gasteiger partial charge on any atom is 0.129 e. The molecule has 20 heavy (non-hydrogen) atoms. The Labute approximate surface area is 126 Å². The van der Waals surface area contributed by atoms with Crippen molar-refractivity contribution in [3.8, 4) is 0 Å². The van der Waals surface area contributed by atoms with Crippen LogP contribution in [0.4, 0.5) is 0 Å². The Morgan fingerprint density at radius 3 is 3.15 bits per heavy atom. The summed E-state index contributed by atoms with van der Waals surface area (Å²) in [5.41, 5.74) is 0.982. The summed E-state index contributed by atoms with van der Waals surface area (Å²) in [6, 6.07) is 7.91. The molecule has 6 heteroatoms. The van der Waals surface area contributed by atoms with Crippen LogP contribution in [-0.2, 0) is 13.1 Å². The van der Waals surface area contributed by atoms with Gasteiger partial charge in [0.1, 0.15) is 5.15 Å². The second-order valence-corrected chi connectivity index (χ2v) is 6.09. The second kappa shape index (κ2) is 6.35. The number of hydrogen-bond acceptors (Lipinski definition) is 4. The van der Waals surface area contributed by atoms with Gasteiger partial charge in [-0.3, -0.25) is 4.68 Å². The van der Waals surface area contributed by atoms with Crippen LogP contribution in [-0.4, -0.2) is 21.3 Å². The van der Waals surface area contributed by atoms with Crippen molar-refractivity contribution in [3.05, 3.63) is 46.7 Å². The van der Waals surface area contributed by atoms with Crippen molar-refractivity contribution in [1.29, 1.82) is 0 Å². The summed E-state index contributed by atoms with van der Waals surface area (Å²) < 4.78 is 3.13. The summed E-state index contributed by atoms with van der Waals surface area (Å²) in [5, 5.41) is 8.18. The van der Waals surface area contributed by atoms with Crippen molar-refractivity contribution in [2.24, 2.45) is 0 Å². The third-order valence-corrected chi connectivity index (χ3v) is 4.29. The summed E-state index contributed by atoms with van der Waals surface area (Å²) in [7, 11) is 0. The van der Waals surface area contributed by atoms with Gasteiger partial charge in [-0.05, 0) is 37.2 Å². The summed E-state index contributed by atoms with van der Waals surface area (Å²) in [6.45, 7) is 2.80. The van der Waals surface area contributed by atoms with Crippen molar-refractivity contribution in [1.82, 2.24) is 20.1 Å². The molecule has 0 aliphatic carbocycles. The van der Waals surface area contributed by atoms with Crippen molar-refractivity contribution in [2.45, 2.75) is 19.5 Å². The van der Waals surface area contributed by atoms with E-state index in [1.807, 2.05) is 35.3 Å². The first-order chi connectivity index (χ1) is 9.81. The molecule has 0 unspecified atom stereocenters. The van der Waals surface area contributed by atoms with Crippen LogP contribution in [0.3, 0.4) is 0 Å². The van der Waals surface area contributed by atoms with Gasteiger partial charge in [-0.15, -0.1) is 11.3 Å². The Hall–Kier alpha value is -1.43. The fourth-order valence-corrected chi connectivity index (χ4v) is 3.17. The lowest BCUT2D eigenvalue weighted by Gasteiger charge is -2.03. The molecule has 1 N–H and O–H groups in total. The normalized spacial score (nSPS) is 11.2. The Balaban J connectivity index is 1.47. The van der Waals surface area contributed by atoms with Crippen LogP contribution in [0.1, 0.15) is 11.3 Å². The third-order valence-electron chi connectivity index (χ3n) is 2.99. The van der Waals surface area contributed by atoms with E-state index in [-0.39, 0.29) is 0 Å². The lowest BCUT2D eigenvalue weighted by atomic mass is 10.3. The molecule has 0 aliphatic rings. The van der Waals surface area contributed by atoms with Crippen LogP contribution in [0.5, 0.6) is 0 Å². The molecule has 0 radical (unpaired) electrons. The molecule has 0 amide bonds. The summed E-state index contributed by atoms with van der Waals surface area (Å²) in [4.78, 5) is 5.60. The predicted molar refractivity (Wildman–Crippen MR) is 83.2 cm³/mol. The molecule has 0 aromatic carbocycles. The molecule has 0 atom stereocenters. The van der Waals surface area contributed by atoms with E-state index in [1.54, 1.807) is 11.3 Å². The smallest absolute Gasteiger partial charge is 0.129 e. The zero-order chi connectivity index (χ0) is 13.8. The van der Waals surface area contributed by atoms with Crippen LogP contribution in [0.25, 0.3) is 10.2 Å². The largest absolute Gasteiger partial charge is 0.312 e. The molecule has 4 nitrogen and oxygen atoms in total. The lowest BCUT2D eigenvalue weighted by molar-refractivity contribution is 0.544. The number of halogens is 1. The van der Waals surface area contributed by atoms with Crippen molar-refractivity contribution in [2.75, 3.05) is 6.54 Å². The van der Waals surface area contributed by atoms with Gasteiger partial charge in [-0.1, -0.05) is 11.6 Å². The van der Waals surface area contributed by atoms with E-state index in [2.05, 4.69) is 21.5 Å². The molecule has 0 saturated heterocycles. The van der Waals surface area contributed by atoms with E-state index in [1.165, 1.54) is 9.58 Å². The lowest BCUT2D eigenvalue weighted by Crippen LogP contribution is -2.15. The highest BCUT2D eigenvalue weighted by Gasteiger charge is 2.03. The fourth-order valence-electron chi connectivity index (χ4n) is 2.05. The molecule has 0 spiro atoms. The average molecular weight is 307 g/mol. The number of aryl methyl sites for hydroxylation is 1. The van der Waals surface area contributed by atoms with Gasteiger partial charge >= 0.3 is 0 Å². The SMILES string of the molecule is Clc1ccc2sc(CNCCCn3cccn3)cc2n1. The first-order valence-electron chi connectivity index (χ1n) is 6.54. The molecular weight excluding hydrogens is 292 g/mol. The highest BCUT2D eigenvalue weighted by molar-refractivity contribution is 7.19. The number of pyridine rings is 1. The van der Waals surface area contributed by atoms with Crippen LogP contribution in [0.15, 0.2) is 36.7 Å². The quantitative estimate of drug-likeness (QED) is 0.561. The van der Waals surface area contributed by atoms with Gasteiger partial charge in [0, 0.05) is 30.4 Å². The first-order valence-corrected chi connectivity index (χ1v) is 7.74. The highest BCUT2D eigenvalue weighted by atomic mass is 35.5. The van der Waals surface area contributed by atoms with Crippen LogP contribution < -0.4 is 5.32 Å². The van der Waals surface area contributed by atoms with E-state index in [0.717, 1.165) is 31.6 Å². The van der Waals surface area contributed by atoms with E-state index < -0.39 is 0 Å². The molecule has 0 fully saturated rings. The average Bonchev–Trinajstić information content (AvgIpc) is 3.06. The van der Waals surface area contributed by atoms with Gasteiger partial charge in [-0.2, -0.15) is 5.10 Å². The van der Waals surface area contributed by atoms with Crippen molar-refractivity contribution >= 4 is 33.2 Å². The molecule has 3 aromatic rings. The topological polar surface area (TPSA) is 42.7 Å². The van der Waals surface area contributed by atoms with E-state index in [4.69, 9.17) is 11.6 Å². The zero-order valence-electron chi connectivity index (χ0n) is 10.9. The number of nitrogens with one attached hydrogen (secondary N) is 1. The summed E-state index contributed by atoms with van der Waals surface area (Å²) in [6.07, 6.45) is 4.86. The number of nitrogens with zero attached hydrogens (tertiary/aromatic N) is 3. The Morgan fingerprint density at radius 1 is 1.35 bits per heavy atom. The molecular formula is C14H15ClN4S. The Bertz CT molecular complexity index is 678. The van der Waals surface area contributed by atoms with Crippen LogP contribution >= 0.6 is 22.9 Å². The van der Waals surface area contributed by atoms with Gasteiger partial charge in [0.15, 0.2) is 0 Å². The second-order valence-electron chi connectivity index (χ2n) is 4.53. The minimum Gasteiger partial charge on any atom is -0.312 e. The monoisotopic (exact) mass is 306 g/mol. The summed E-state index contributed by atoms with van der Waals surface area (Å²) >= 11 is 7.65. The standard InChI is InChI=1S/C14H15ClN4S/c15-14-4-3-13-12(18-14)9-11(20-13)10-16-5-1-7-19-8-2-6-17-19/h2-4,6,8-9,16H,1,5,7,10H2. The number of aromatic nitrogens is 3. The number of hydrogen-bond donors (Lipinski definition) is 1. The highest BCUT2D eigenvalue weighted by Crippen LogP contribution is 2.25. The van der Waals surface area contributed by atoms with Gasteiger partial charge in [0.2, 0.25) is 0 Å². The molecule has 0 bridgehead atoms. The van der Waals surface area contributed by atoms with E-state index in [9.17, 15) is 0 Å². The minimum atomic E-state index is 0.550. The summed E-state index contributed by atoms with van der Waals surface area (Å²) in [5.74, 6) is 0. The van der Waals surface area contributed by atoms with Gasteiger partial charge in [0.05, 0.1) is 10.2 Å². The molecule has 3 rings (SSSR count). The minimum absolute atomic E-state index is 0.550. The molecule has 0 aliphatic heterocycles. The Morgan fingerprint density at radius 2 is 2.30 bits per heavy atom. The van der Waals surface area contributed by atoms with Crippen LogP contribution in [0, 0.1) is 0 Å². The van der Waals surface area contributed by atoms with E-state index in [0.29, 0.717) is 5.15 Å². The molecule has 104 valence electrons. The van der Waals surface area contributed by atoms with Crippen molar-refractivity contribution in [3.63, 3.8) is 0 Å². The molecule has 3 heterocycles. The zero-order valence-corrected chi connectivity index (χ0v) is 12.5. The fraction of sp³-hybridized carbons (Fsp3) is 0.286. The van der Waals surface area contributed by atoms with Crippen molar-refractivity contribution < 1.29 is 0 Å². The molecule has 0 saturated carbocycles. The predicted octanol–water partition coefficient (Wildman–Crippen LogP) is 3.33. The Kier molecular flexibility index (Phi) is 4.30. The van der Waals surface area contributed by atoms with E-state index >= 15 is 0 Å². The van der Waals surface area contributed by atoms with Gasteiger partial charge in [-0.25, -0.2) is 4.98 Å².